The van der Waals surface area contributed by atoms with Crippen LogP contribution in [0.2, 0.25) is 5.02 Å². The second-order valence-electron chi connectivity index (χ2n) is 5.15. The van der Waals surface area contributed by atoms with Gasteiger partial charge < -0.3 is 5.73 Å². The van der Waals surface area contributed by atoms with Crippen molar-refractivity contribution in [2.45, 2.75) is 18.5 Å². The number of likely N-dealkylation sites (N-methyl/N-ethyl adjacent to an activating group) is 1. The van der Waals surface area contributed by atoms with Gasteiger partial charge in [0.1, 0.15) is 0 Å². The standard InChI is InChI=1S/C13H18BrClN2O2S/c1-17(10-4-5-20(18,19)8-10)13(7-16)9-2-3-12(15)11(14)6-9/h2-3,6,10,13H,4-5,7-8,16H2,1H3. The molecule has 1 aromatic rings. The molecule has 0 amide bonds. The van der Waals surface area contributed by atoms with Crippen molar-refractivity contribution < 1.29 is 8.42 Å². The number of nitrogens with zero attached hydrogens (tertiary/aromatic N) is 1. The predicted molar refractivity (Wildman–Crippen MR) is 85.8 cm³/mol. The van der Waals surface area contributed by atoms with Crippen molar-refractivity contribution >= 4 is 37.4 Å². The van der Waals surface area contributed by atoms with Crippen LogP contribution in [0.5, 0.6) is 0 Å². The van der Waals surface area contributed by atoms with Gasteiger partial charge in [-0.2, -0.15) is 0 Å². The Hall–Kier alpha value is -0.140. The molecule has 2 rings (SSSR count). The lowest BCUT2D eigenvalue weighted by molar-refractivity contribution is 0.192. The molecule has 2 unspecified atom stereocenters. The highest BCUT2D eigenvalue weighted by atomic mass is 79.9. The summed E-state index contributed by atoms with van der Waals surface area (Å²) in [6.07, 6.45) is 0.671. The topological polar surface area (TPSA) is 63.4 Å². The highest BCUT2D eigenvalue weighted by Gasteiger charge is 2.33. The average Bonchev–Trinajstić information content (AvgIpc) is 2.75. The van der Waals surface area contributed by atoms with E-state index in [2.05, 4.69) is 20.8 Å². The molecule has 112 valence electrons. The Morgan fingerprint density at radius 1 is 1.55 bits per heavy atom. The second kappa shape index (κ2) is 6.32. The Kier molecular flexibility index (Phi) is 5.13. The van der Waals surface area contributed by atoms with E-state index in [4.69, 9.17) is 17.3 Å². The van der Waals surface area contributed by atoms with Crippen LogP contribution in [0.15, 0.2) is 22.7 Å². The minimum atomic E-state index is -2.89. The third-order valence-corrected chi connectivity index (χ3v) is 6.79. The molecule has 1 aliphatic heterocycles. The molecule has 1 heterocycles. The lowest BCUT2D eigenvalue weighted by Crippen LogP contribution is -2.39. The van der Waals surface area contributed by atoms with Gasteiger partial charge in [0.15, 0.2) is 9.84 Å². The van der Waals surface area contributed by atoms with E-state index in [9.17, 15) is 8.42 Å². The summed E-state index contributed by atoms with van der Waals surface area (Å²) in [4.78, 5) is 2.07. The Morgan fingerprint density at radius 3 is 2.75 bits per heavy atom. The number of halogens is 2. The van der Waals surface area contributed by atoms with Crippen LogP contribution in [0, 0.1) is 0 Å². The van der Waals surface area contributed by atoms with Crippen LogP contribution in [-0.4, -0.2) is 44.5 Å². The monoisotopic (exact) mass is 380 g/mol. The molecule has 0 bridgehead atoms. The minimum Gasteiger partial charge on any atom is -0.329 e. The summed E-state index contributed by atoms with van der Waals surface area (Å²) in [7, 11) is -0.956. The molecular formula is C13H18BrClN2O2S. The third kappa shape index (κ3) is 3.54. The molecule has 0 radical (unpaired) electrons. The van der Waals surface area contributed by atoms with Gasteiger partial charge in [-0.15, -0.1) is 0 Å². The number of nitrogens with two attached hydrogens (primary N) is 1. The van der Waals surface area contributed by atoms with Crippen molar-refractivity contribution in [3.05, 3.63) is 33.3 Å². The Bertz CT molecular complexity index is 594. The molecule has 20 heavy (non-hydrogen) atoms. The first-order valence-electron chi connectivity index (χ1n) is 6.41. The zero-order chi connectivity index (χ0) is 14.9. The summed E-state index contributed by atoms with van der Waals surface area (Å²) in [5.74, 6) is 0.484. The first kappa shape index (κ1) is 16.2. The Morgan fingerprint density at radius 2 is 2.25 bits per heavy atom. The van der Waals surface area contributed by atoms with Crippen molar-refractivity contribution in [3.63, 3.8) is 0 Å². The predicted octanol–water partition coefficient (Wildman–Crippen LogP) is 2.22. The van der Waals surface area contributed by atoms with Crippen LogP contribution in [0.1, 0.15) is 18.0 Å². The summed E-state index contributed by atoms with van der Waals surface area (Å²) in [6, 6.07) is 5.72. The fourth-order valence-electron chi connectivity index (χ4n) is 2.61. The van der Waals surface area contributed by atoms with E-state index in [1.54, 1.807) is 0 Å². The van der Waals surface area contributed by atoms with Gasteiger partial charge in [0.25, 0.3) is 0 Å². The highest BCUT2D eigenvalue weighted by molar-refractivity contribution is 9.10. The van der Waals surface area contributed by atoms with E-state index in [-0.39, 0.29) is 23.6 Å². The Labute approximate surface area is 133 Å². The third-order valence-electron chi connectivity index (χ3n) is 3.83. The maximum absolute atomic E-state index is 11.6. The lowest BCUT2D eigenvalue weighted by atomic mass is 10.0. The van der Waals surface area contributed by atoms with E-state index in [1.165, 1.54) is 0 Å². The van der Waals surface area contributed by atoms with E-state index in [0.29, 0.717) is 18.0 Å². The number of sulfone groups is 1. The number of hydrogen-bond acceptors (Lipinski definition) is 4. The van der Waals surface area contributed by atoms with Crippen molar-refractivity contribution in [2.75, 3.05) is 25.1 Å². The molecule has 0 spiro atoms. The molecule has 1 aromatic carbocycles. The fourth-order valence-corrected chi connectivity index (χ4v) is 4.91. The zero-order valence-electron chi connectivity index (χ0n) is 11.2. The van der Waals surface area contributed by atoms with Gasteiger partial charge in [-0.1, -0.05) is 17.7 Å². The van der Waals surface area contributed by atoms with Gasteiger partial charge in [0.05, 0.1) is 16.5 Å². The molecular weight excluding hydrogens is 364 g/mol. The van der Waals surface area contributed by atoms with Gasteiger partial charge in [-0.05, 0) is 47.1 Å². The Balaban J connectivity index is 2.21. The quantitative estimate of drug-likeness (QED) is 0.868. The van der Waals surface area contributed by atoms with Crippen LogP contribution < -0.4 is 5.73 Å². The molecule has 2 atom stereocenters. The fraction of sp³-hybridized carbons (Fsp3) is 0.538. The van der Waals surface area contributed by atoms with E-state index >= 15 is 0 Å². The largest absolute Gasteiger partial charge is 0.329 e. The number of benzene rings is 1. The van der Waals surface area contributed by atoms with E-state index < -0.39 is 9.84 Å². The van der Waals surface area contributed by atoms with Crippen LogP contribution in [0.25, 0.3) is 0 Å². The normalized spacial score (nSPS) is 23.1. The SMILES string of the molecule is CN(C1CCS(=O)(=O)C1)C(CN)c1ccc(Cl)c(Br)c1. The first-order chi connectivity index (χ1) is 9.34. The molecule has 7 heteroatoms. The molecule has 0 aromatic heterocycles. The molecule has 1 fully saturated rings. The van der Waals surface area contributed by atoms with E-state index in [0.717, 1.165) is 10.0 Å². The van der Waals surface area contributed by atoms with Crippen molar-refractivity contribution in [3.8, 4) is 0 Å². The molecule has 4 nitrogen and oxygen atoms in total. The second-order valence-corrected chi connectivity index (χ2v) is 8.64. The molecule has 0 saturated carbocycles. The maximum Gasteiger partial charge on any atom is 0.151 e. The van der Waals surface area contributed by atoms with Crippen LogP contribution in [0.3, 0.4) is 0 Å². The molecule has 2 N–H and O–H groups in total. The molecule has 0 aliphatic carbocycles. The van der Waals surface area contributed by atoms with Gasteiger partial charge >= 0.3 is 0 Å². The summed E-state index contributed by atoms with van der Waals surface area (Å²) in [6.45, 7) is 0.432. The maximum atomic E-state index is 11.6. The van der Waals surface area contributed by atoms with Crippen molar-refractivity contribution in [2.24, 2.45) is 5.73 Å². The first-order valence-corrected chi connectivity index (χ1v) is 9.40. The van der Waals surface area contributed by atoms with Crippen molar-refractivity contribution in [1.29, 1.82) is 0 Å². The average molecular weight is 382 g/mol. The van der Waals surface area contributed by atoms with Gasteiger partial charge in [0.2, 0.25) is 0 Å². The van der Waals surface area contributed by atoms with Gasteiger partial charge in [0, 0.05) is 23.1 Å². The molecule has 1 saturated heterocycles. The minimum absolute atomic E-state index is 0.0122. The van der Waals surface area contributed by atoms with Crippen LogP contribution >= 0.6 is 27.5 Å². The van der Waals surface area contributed by atoms with E-state index in [1.807, 2.05) is 25.2 Å². The molecule has 1 aliphatic rings. The van der Waals surface area contributed by atoms with Crippen LogP contribution in [-0.2, 0) is 9.84 Å². The van der Waals surface area contributed by atoms with Crippen LogP contribution in [0.4, 0.5) is 0 Å². The smallest absolute Gasteiger partial charge is 0.151 e. The highest BCUT2D eigenvalue weighted by Crippen LogP contribution is 2.30. The van der Waals surface area contributed by atoms with Crippen molar-refractivity contribution in [1.82, 2.24) is 4.90 Å². The zero-order valence-corrected chi connectivity index (χ0v) is 14.4. The summed E-state index contributed by atoms with van der Waals surface area (Å²) in [5.41, 5.74) is 6.93. The number of rotatable bonds is 4. The lowest BCUT2D eigenvalue weighted by Gasteiger charge is -2.32. The summed E-state index contributed by atoms with van der Waals surface area (Å²) in [5, 5.41) is 0.649. The summed E-state index contributed by atoms with van der Waals surface area (Å²) < 4.78 is 24.0. The van der Waals surface area contributed by atoms with Gasteiger partial charge in [-0.3, -0.25) is 4.90 Å². The summed E-state index contributed by atoms with van der Waals surface area (Å²) >= 11 is 9.41. The van der Waals surface area contributed by atoms with Gasteiger partial charge in [-0.25, -0.2) is 8.42 Å². The number of hydrogen-bond donors (Lipinski definition) is 1.